The van der Waals surface area contributed by atoms with Gasteiger partial charge in [-0.2, -0.15) is 5.10 Å². The molecule has 4 rings (SSSR count). The van der Waals surface area contributed by atoms with Crippen molar-refractivity contribution in [1.82, 2.24) is 20.0 Å². The Balaban J connectivity index is 1.54. The van der Waals surface area contributed by atoms with Crippen LogP contribution in [0.4, 0.5) is 0 Å². The number of aromatic nitrogens is 2. The van der Waals surface area contributed by atoms with Crippen molar-refractivity contribution < 1.29 is 14.6 Å². The number of carbonyl (C=O) groups excluding carboxylic acids is 1. The van der Waals surface area contributed by atoms with E-state index in [1.54, 1.807) is 16.8 Å². The zero-order valence-electron chi connectivity index (χ0n) is 18.3. The molecule has 1 unspecified atom stereocenters. The van der Waals surface area contributed by atoms with Gasteiger partial charge in [0, 0.05) is 29.6 Å². The number of hydrogen-bond acceptors (Lipinski definition) is 5. The highest BCUT2D eigenvalue weighted by Gasteiger charge is 2.39. The lowest BCUT2D eigenvalue weighted by Crippen LogP contribution is -2.60. The number of benzene rings is 1. The van der Waals surface area contributed by atoms with Crippen LogP contribution in [0.15, 0.2) is 18.2 Å². The van der Waals surface area contributed by atoms with Gasteiger partial charge in [0.25, 0.3) is 5.91 Å². The molecule has 7 heteroatoms. The molecule has 3 heterocycles. The maximum Gasteiger partial charge on any atom is 0.272 e. The Bertz CT molecular complexity index is 882. The molecule has 164 valence electrons. The minimum absolute atomic E-state index is 0.0978. The Hall–Kier alpha value is -2.12. The molecule has 0 aliphatic carbocycles. The molecular formula is C23H34N4O3. The largest absolute Gasteiger partial charge is 0.506 e. The van der Waals surface area contributed by atoms with Gasteiger partial charge in [0.05, 0.1) is 13.2 Å². The zero-order valence-corrected chi connectivity index (χ0v) is 18.3. The van der Waals surface area contributed by atoms with E-state index in [9.17, 15) is 9.90 Å². The number of morpholine rings is 1. The summed E-state index contributed by atoms with van der Waals surface area (Å²) in [5.74, 6) is 0.00826. The molecule has 2 bridgehead atoms. The number of ether oxygens (including phenoxy) is 1. The molecule has 1 aromatic carbocycles. The van der Waals surface area contributed by atoms with E-state index >= 15 is 0 Å². The Kier molecular flexibility index (Phi) is 6.29. The number of nitrogens with one attached hydrogen (secondary N) is 1. The summed E-state index contributed by atoms with van der Waals surface area (Å²) in [6.45, 7) is 8.94. The van der Waals surface area contributed by atoms with Crippen molar-refractivity contribution in [1.29, 1.82) is 0 Å². The first-order valence-corrected chi connectivity index (χ1v) is 11.4. The predicted octanol–water partition coefficient (Wildman–Crippen LogP) is 3.47. The Morgan fingerprint density at radius 1 is 1.30 bits per heavy atom. The molecule has 2 aliphatic rings. The van der Waals surface area contributed by atoms with Gasteiger partial charge in [-0.3, -0.25) is 14.4 Å². The Morgan fingerprint density at radius 2 is 2.03 bits per heavy atom. The molecule has 0 radical (unpaired) electrons. The maximum absolute atomic E-state index is 13.2. The van der Waals surface area contributed by atoms with E-state index in [-0.39, 0.29) is 23.7 Å². The summed E-state index contributed by atoms with van der Waals surface area (Å²) < 4.78 is 7.59. The number of amides is 1. The van der Waals surface area contributed by atoms with Gasteiger partial charge in [-0.15, -0.1) is 0 Å². The molecule has 3 atom stereocenters. The smallest absolute Gasteiger partial charge is 0.272 e. The fraction of sp³-hybridized carbons (Fsp3) is 0.652. The normalized spacial score (nSPS) is 25.4. The van der Waals surface area contributed by atoms with Gasteiger partial charge < -0.3 is 15.2 Å². The molecule has 7 nitrogen and oxygen atoms in total. The molecular weight excluding hydrogens is 380 g/mol. The van der Waals surface area contributed by atoms with Crippen LogP contribution in [0.5, 0.6) is 5.75 Å². The number of aromatic hydroxyl groups is 1. The first kappa shape index (κ1) is 21.1. The monoisotopic (exact) mass is 414 g/mol. The number of fused-ring (bicyclic) bond motifs is 3. The van der Waals surface area contributed by atoms with E-state index in [1.165, 1.54) is 12.8 Å². The quantitative estimate of drug-likeness (QED) is 0.725. The highest BCUT2D eigenvalue weighted by atomic mass is 16.5. The zero-order chi connectivity index (χ0) is 21.3. The van der Waals surface area contributed by atoms with Gasteiger partial charge >= 0.3 is 0 Å². The number of piperidine rings is 1. The molecule has 2 saturated heterocycles. The second kappa shape index (κ2) is 8.94. The summed E-state index contributed by atoms with van der Waals surface area (Å²) in [5, 5.41) is 19.0. The maximum atomic E-state index is 13.2. The number of unbranched alkanes of at least 4 members (excludes halogenated alkanes) is 1. The van der Waals surface area contributed by atoms with Crippen LogP contribution in [0.25, 0.3) is 10.9 Å². The number of carbonyl (C=O) groups is 1. The summed E-state index contributed by atoms with van der Waals surface area (Å²) in [6.07, 6.45) is 5.07. The van der Waals surface area contributed by atoms with E-state index in [1.807, 2.05) is 13.0 Å². The van der Waals surface area contributed by atoms with Crippen LogP contribution in [0.1, 0.15) is 69.4 Å². The second-order valence-electron chi connectivity index (χ2n) is 8.80. The fourth-order valence-corrected chi connectivity index (χ4v) is 4.90. The standard InChI is InChI=1S/C23H34N4O3/c1-4-6-10-26-17-11-16(12-18(26)14-30-13-17)24-23(29)21-19-8-7-9-20(28)22(19)27(25-21)15(3)5-2/h7-9,15-18,28H,4-6,10-14H2,1-3H3,(H,24,29)/t15?,17-,18-/m0/s1. The number of hydrogen-bond donors (Lipinski definition) is 2. The third-order valence-electron chi connectivity index (χ3n) is 6.71. The third-order valence-corrected chi connectivity index (χ3v) is 6.71. The van der Waals surface area contributed by atoms with E-state index in [4.69, 9.17) is 4.74 Å². The SMILES string of the molecule is CCCCN1[C@@H]2COC[C@@H]1CC(NC(=O)c1nn(C(C)CC)c3c(O)cccc13)C2. The highest BCUT2D eigenvalue weighted by Crippen LogP contribution is 2.31. The van der Waals surface area contributed by atoms with E-state index in [0.29, 0.717) is 28.7 Å². The highest BCUT2D eigenvalue weighted by molar-refractivity contribution is 6.06. The van der Waals surface area contributed by atoms with E-state index in [0.717, 1.165) is 39.0 Å². The Morgan fingerprint density at radius 3 is 2.70 bits per heavy atom. The number of rotatable bonds is 7. The first-order valence-electron chi connectivity index (χ1n) is 11.4. The summed E-state index contributed by atoms with van der Waals surface area (Å²) in [5.41, 5.74) is 1.03. The summed E-state index contributed by atoms with van der Waals surface area (Å²) in [4.78, 5) is 15.8. The third kappa shape index (κ3) is 3.93. The average molecular weight is 415 g/mol. The van der Waals surface area contributed by atoms with Crippen molar-refractivity contribution in [3.05, 3.63) is 23.9 Å². The van der Waals surface area contributed by atoms with Crippen molar-refractivity contribution in [3.8, 4) is 5.75 Å². The average Bonchev–Trinajstić information content (AvgIpc) is 3.13. The number of phenols is 1. The molecule has 30 heavy (non-hydrogen) atoms. The topological polar surface area (TPSA) is 79.6 Å². The molecule has 2 fully saturated rings. The van der Waals surface area contributed by atoms with E-state index < -0.39 is 0 Å². The summed E-state index contributed by atoms with van der Waals surface area (Å²) in [7, 11) is 0. The Labute approximate surface area is 178 Å². The van der Waals surface area contributed by atoms with Crippen LogP contribution in [-0.4, -0.2) is 63.6 Å². The number of phenolic OH excluding ortho intramolecular Hbond substituents is 1. The lowest BCUT2D eigenvalue weighted by atomic mass is 9.89. The van der Waals surface area contributed by atoms with Gasteiger partial charge in [0.1, 0.15) is 11.3 Å². The van der Waals surface area contributed by atoms with Gasteiger partial charge in [-0.05, 0) is 45.2 Å². The number of para-hydroxylation sites is 1. The molecule has 2 N–H and O–H groups in total. The van der Waals surface area contributed by atoms with Gasteiger partial charge in [0.2, 0.25) is 0 Å². The van der Waals surface area contributed by atoms with Gasteiger partial charge in [0.15, 0.2) is 5.69 Å². The van der Waals surface area contributed by atoms with E-state index in [2.05, 4.69) is 29.2 Å². The molecule has 0 saturated carbocycles. The van der Waals surface area contributed by atoms with Crippen LogP contribution in [0.3, 0.4) is 0 Å². The molecule has 1 amide bonds. The van der Waals surface area contributed by atoms with Crippen LogP contribution in [0, 0.1) is 0 Å². The first-order chi connectivity index (χ1) is 14.5. The minimum Gasteiger partial charge on any atom is -0.506 e. The minimum atomic E-state index is -0.154. The van der Waals surface area contributed by atoms with Crippen LogP contribution >= 0.6 is 0 Å². The molecule has 0 spiro atoms. The summed E-state index contributed by atoms with van der Waals surface area (Å²) >= 11 is 0. The molecule has 2 aliphatic heterocycles. The van der Waals surface area contributed by atoms with Crippen molar-refractivity contribution in [2.75, 3.05) is 19.8 Å². The lowest BCUT2D eigenvalue weighted by Gasteiger charge is -2.48. The predicted molar refractivity (Wildman–Crippen MR) is 117 cm³/mol. The van der Waals surface area contributed by atoms with Crippen LogP contribution < -0.4 is 5.32 Å². The fourth-order valence-electron chi connectivity index (χ4n) is 4.90. The number of nitrogens with zero attached hydrogens (tertiary/aromatic N) is 3. The van der Waals surface area contributed by atoms with Crippen molar-refractivity contribution in [3.63, 3.8) is 0 Å². The lowest BCUT2D eigenvalue weighted by molar-refractivity contribution is -0.0802. The van der Waals surface area contributed by atoms with Crippen LogP contribution in [-0.2, 0) is 4.74 Å². The van der Waals surface area contributed by atoms with Crippen LogP contribution in [0.2, 0.25) is 0 Å². The molecule has 2 aromatic rings. The summed E-state index contributed by atoms with van der Waals surface area (Å²) in [6, 6.07) is 6.24. The van der Waals surface area contributed by atoms with Gasteiger partial charge in [-0.25, -0.2) is 0 Å². The van der Waals surface area contributed by atoms with Crippen molar-refractivity contribution >= 4 is 16.8 Å². The van der Waals surface area contributed by atoms with Gasteiger partial charge in [-0.1, -0.05) is 32.4 Å². The van der Waals surface area contributed by atoms with Crippen molar-refractivity contribution in [2.24, 2.45) is 0 Å². The van der Waals surface area contributed by atoms with Crippen molar-refractivity contribution in [2.45, 2.75) is 77.0 Å². The second-order valence-corrected chi connectivity index (χ2v) is 8.80. The molecule has 1 aromatic heterocycles.